The van der Waals surface area contributed by atoms with Crippen LogP contribution in [0.2, 0.25) is 0 Å². The Morgan fingerprint density at radius 3 is 2.62 bits per heavy atom. The zero-order chi connectivity index (χ0) is 46.1. The molecule has 2 saturated heterocycles. The van der Waals surface area contributed by atoms with Gasteiger partial charge in [0.05, 0.1) is 34.8 Å². The number of aromatic nitrogens is 3. The second kappa shape index (κ2) is 19.3. The first kappa shape index (κ1) is 47.0. The van der Waals surface area contributed by atoms with Crippen molar-refractivity contribution in [3.63, 3.8) is 0 Å². The van der Waals surface area contributed by atoms with Gasteiger partial charge < -0.3 is 39.2 Å². The molecule has 0 saturated carbocycles. The second-order valence-corrected chi connectivity index (χ2v) is 19.7. The zero-order valence-corrected chi connectivity index (χ0v) is 39.6. The summed E-state index contributed by atoms with van der Waals surface area (Å²) in [6.45, 7) is 15.4. The van der Waals surface area contributed by atoms with Crippen molar-refractivity contribution in [2.75, 3.05) is 60.5 Å². The number of pyridine rings is 1. The molecule has 6 heterocycles. The molecule has 0 spiro atoms. The number of nitrogens with one attached hydrogen (secondary N) is 2. The summed E-state index contributed by atoms with van der Waals surface area (Å²) in [5.74, 6) is -2.24. The van der Waals surface area contributed by atoms with E-state index in [-0.39, 0.29) is 44.0 Å². The number of esters is 1. The molecule has 4 atom stereocenters. The number of hydrazine groups is 1. The van der Waals surface area contributed by atoms with Crippen LogP contribution < -0.4 is 10.7 Å². The number of benzene rings is 1. The largest absolute Gasteiger partial charge is 0.462 e. The van der Waals surface area contributed by atoms with Crippen LogP contribution in [0.1, 0.15) is 83.2 Å². The van der Waals surface area contributed by atoms with E-state index in [0.29, 0.717) is 37.5 Å². The molecule has 3 aromatic heterocycles. The normalized spacial score (nSPS) is 22.1. The number of amides is 4. The van der Waals surface area contributed by atoms with Gasteiger partial charge in [0.25, 0.3) is 5.91 Å². The Morgan fingerprint density at radius 1 is 1.11 bits per heavy atom. The molecule has 64 heavy (non-hydrogen) atoms. The summed E-state index contributed by atoms with van der Waals surface area (Å²) in [7, 11) is 5.33. The number of nitrogens with zero attached hydrogens (tertiary/aromatic N) is 7. The molecule has 3 N–H and O–H groups in total. The predicted octanol–water partition coefficient (Wildman–Crippen LogP) is 5.24. The van der Waals surface area contributed by atoms with E-state index in [2.05, 4.69) is 51.4 Å². The van der Waals surface area contributed by atoms with E-state index < -0.39 is 41.0 Å². The average Bonchev–Trinajstić information content (AvgIpc) is 3.78. The first-order valence-corrected chi connectivity index (χ1v) is 23.4. The summed E-state index contributed by atoms with van der Waals surface area (Å²) < 4.78 is 14.1. The summed E-state index contributed by atoms with van der Waals surface area (Å²) in [6.07, 6.45) is 3.15. The van der Waals surface area contributed by atoms with E-state index >= 15 is 0 Å². The fourth-order valence-corrected chi connectivity index (χ4v) is 10.2. The van der Waals surface area contributed by atoms with Crippen LogP contribution in [0.5, 0.6) is 0 Å². The molecular weight excluding hydrogens is 835 g/mol. The number of rotatable bonds is 8. The SMILES string of the molecule is CCn1c(-c2cccnc2[C@H](C)OC)c2c3cc(ccc31)-c1csc(n1)C[C@H](NC(=O)[C@H](C(C)C)N(C)C(=O)N1CCCN(C)CC1)C(=O)N1CCC[C@@](O)(N1)C(=O)OCC(C)(C)C2. The van der Waals surface area contributed by atoms with Crippen LogP contribution in [-0.2, 0) is 43.2 Å². The Hall–Kier alpha value is -4.94. The molecule has 346 valence electrons. The zero-order valence-electron chi connectivity index (χ0n) is 38.8. The smallest absolute Gasteiger partial charge is 0.355 e. The van der Waals surface area contributed by atoms with Crippen LogP contribution in [0.4, 0.5) is 4.79 Å². The van der Waals surface area contributed by atoms with Gasteiger partial charge in [-0.25, -0.2) is 14.6 Å². The van der Waals surface area contributed by atoms with Crippen LogP contribution in [0.3, 0.4) is 0 Å². The number of urea groups is 1. The Bertz CT molecular complexity index is 2360. The number of fused-ring (bicyclic) bond motifs is 6. The average molecular weight is 900 g/mol. The lowest BCUT2D eigenvalue weighted by Crippen LogP contribution is -2.67. The first-order valence-electron chi connectivity index (χ1n) is 22.5. The van der Waals surface area contributed by atoms with E-state index in [1.807, 2.05) is 53.1 Å². The second-order valence-electron chi connectivity index (χ2n) is 18.7. The van der Waals surface area contributed by atoms with E-state index in [0.717, 1.165) is 64.2 Å². The summed E-state index contributed by atoms with van der Waals surface area (Å²) in [4.78, 5) is 72.2. The summed E-state index contributed by atoms with van der Waals surface area (Å²) in [6, 6.07) is 8.01. The van der Waals surface area contributed by atoms with Gasteiger partial charge >= 0.3 is 12.0 Å². The lowest BCUT2D eigenvalue weighted by Gasteiger charge is -2.40. The lowest BCUT2D eigenvalue weighted by molar-refractivity contribution is -0.189. The molecular formula is C47H65N9O7S. The van der Waals surface area contributed by atoms with Crippen LogP contribution >= 0.6 is 11.3 Å². The van der Waals surface area contributed by atoms with E-state index in [9.17, 15) is 24.3 Å². The Labute approximate surface area is 380 Å². The third-order valence-corrected chi connectivity index (χ3v) is 13.7. The van der Waals surface area contributed by atoms with Crippen molar-refractivity contribution in [3.8, 4) is 22.5 Å². The monoisotopic (exact) mass is 899 g/mol. The highest BCUT2D eigenvalue weighted by atomic mass is 32.1. The number of hydrogen-bond donors (Lipinski definition) is 3. The lowest BCUT2D eigenvalue weighted by atomic mass is 9.84. The number of cyclic esters (lactones) is 1. The van der Waals surface area contributed by atoms with Crippen LogP contribution in [0.15, 0.2) is 41.9 Å². The number of carbonyl (C=O) groups excluding carboxylic acids is 4. The van der Waals surface area contributed by atoms with Gasteiger partial charge in [-0.3, -0.25) is 19.6 Å². The quantitative estimate of drug-likeness (QED) is 0.198. The van der Waals surface area contributed by atoms with Crippen molar-refractivity contribution in [2.24, 2.45) is 11.3 Å². The summed E-state index contributed by atoms with van der Waals surface area (Å²) in [5.41, 5.74) is 6.40. The maximum Gasteiger partial charge on any atom is 0.355 e. The van der Waals surface area contributed by atoms with Gasteiger partial charge in [0.15, 0.2) is 0 Å². The molecule has 2 fully saturated rings. The molecule has 4 aromatic rings. The van der Waals surface area contributed by atoms with Crippen LogP contribution in [-0.4, -0.2) is 142 Å². The molecule has 17 heteroatoms. The molecule has 0 aliphatic carbocycles. The van der Waals surface area contributed by atoms with Gasteiger partial charge in [0.2, 0.25) is 11.6 Å². The predicted molar refractivity (Wildman–Crippen MR) is 246 cm³/mol. The number of hydrogen-bond acceptors (Lipinski definition) is 12. The molecule has 6 bridgehead atoms. The highest BCUT2D eigenvalue weighted by molar-refractivity contribution is 7.10. The number of aliphatic hydroxyl groups is 1. The number of aryl methyl sites for hydroxylation is 1. The number of likely N-dealkylation sites (N-methyl/N-ethyl adjacent to an activating group) is 2. The molecule has 16 nitrogen and oxygen atoms in total. The number of ether oxygens (including phenoxy) is 2. The van der Waals surface area contributed by atoms with E-state index in [1.54, 1.807) is 25.3 Å². The Morgan fingerprint density at radius 2 is 1.89 bits per heavy atom. The number of thiazole rings is 1. The van der Waals surface area contributed by atoms with Crippen LogP contribution in [0, 0.1) is 11.3 Å². The minimum atomic E-state index is -2.20. The third-order valence-electron chi connectivity index (χ3n) is 12.9. The van der Waals surface area contributed by atoms with E-state index in [4.69, 9.17) is 19.4 Å². The molecule has 3 aliphatic rings. The molecule has 0 radical (unpaired) electrons. The van der Waals surface area contributed by atoms with Gasteiger partial charge in [-0.05, 0) is 82.4 Å². The van der Waals surface area contributed by atoms with Gasteiger partial charge in [-0.15, -0.1) is 11.3 Å². The Balaban J connectivity index is 1.30. The van der Waals surface area contributed by atoms with Gasteiger partial charge in [0, 0.05) is 98.7 Å². The van der Waals surface area contributed by atoms with Gasteiger partial charge in [-0.2, -0.15) is 5.43 Å². The highest BCUT2D eigenvalue weighted by Crippen LogP contribution is 2.42. The van der Waals surface area contributed by atoms with Crippen LogP contribution in [0.25, 0.3) is 33.4 Å². The minimum Gasteiger partial charge on any atom is -0.462 e. The van der Waals surface area contributed by atoms with Crippen molar-refractivity contribution in [1.29, 1.82) is 0 Å². The summed E-state index contributed by atoms with van der Waals surface area (Å²) in [5, 5.41) is 19.6. The molecule has 7 rings (SSSR count). The fraction of sp³-hybridized carbons (Fsp3) is 0.574. The molecule has 4 amide bonds. The minimum absolute atomic E-state index is 0.00983. The fourth-order valence-electron chi connectivity index (χ4n) is 9.37. The van der Waals surface area contributed by atoms with Crippen molar-refractivity contribution in [1.82, 2.24) is 45.0 Å². The maximum absolute atomic E-state index is 14.6. The molecule has 1 aromatic carbocycles. The first-order chi connectivity index (χ1) is 30.4. The Kier molecular flexibility index (Phi) is 14.2. The van der Waals surface area contributed by atoms with Crippen molar-refractivity contribution >= 4 is 46.1 Å². The maximum atomic E-state index is 14.6. The van der Waals surface area contributed by atoms with Gasteiger partial charge in [-0.1, -0.05) is 33.8 Å². The third kappa shape index (κ3) is 9.69. The van der Waals surface area contributed by atoms with Crippen molar-refractivity contribution in [3.05, 3.63) is 58.2 Å². The molecule has 0 unspecified atom stereocenters. The number of carbonyl (C=O) groups is 4. The van der Waals surface area contributed by atoms with E-state index in [1.165, 1.54) is 21.2 Å². The molecule has 3 aliphatic heterocycles. The van der Waals surface area contributed by atoms with Gasteiger partial charge in [0.1, 0.15) is 12.1 Å². The highest BCUT2D eigenvalue weighted by Gasteiger charge is 2.46. The van der Waals surface area contributed by atoms with Crippen molar-refractivity contribution in [2.45, 2.75) is 104 Å². The van der Waals surface area contributed by atoms with Crippen molar-refractivity contribution < 1.29 is 33.8 Å². The summed E-state index contributed by atoms with van der Waals surface area (Å²) >= 11 is 1.38. The topological polar surface area (TPSA) is 175 Å². The number of methoxy groups -OCH3 is 1. The standard InChI is InChI=1S/C47H65N9O7S/c1-10-55-37-16-15-31-24-33(37)34(41(55)32-14-11-18-48-39(32)30(4)62-9)26-46(5,6)28-63-44(59)47(61)17-12-21-56(51-47)43(58)35(25-38-49-36(31)27-64-38)50-42(57)40(29(2)3)53(8)45(60)54-20-13-19-52(7)22-23-54/h11,14-16,18,24,27,29-30,35,40,51,61H,10,12-13,17,19-23,25-26,28H2,1-9H3,(H,50,57)/t30-,35-,40-,47-/m0/s1.